The molecule has 0 amide bonds. The van der Waals surface area contributed by atoms with Crippen molar-refractivity contribution >= 4 is 11.9 Å². The molecule has 0 aliphatic carbocycles. The average Bonchev–Trinajstić information content (AvgIpc) is 2.80. The monoisotopic (exact) mass is 482 g/mol. The highest BCUT2D eigenvalue weighted by Crippen LogP contribution is 2.27. The first-order chi connectivity index (χ1) is 16.5. The van der Waals surface area contributed by atoms with Crippen LogP contribution >= 0.6 is 0 Å². The van der Waals surface area contributed by atoms with Gasteiger partial charge in [-0.2, -0.15) is 0 Å². The van der Waals surface area contributed by atoms with E-state index < -0.39 is 24.0 Å². The zero-order valence-electron chi connectivity index (χ0n) is 20.3. The van der Waals surface area contributed by atoms with Crippen LogP contribution in [-0.2, 0) is 25.5 Å². The summed E-state index contributed by atoms with van der Waals surface area (Å²) in [5.74, 6) is -1.49. The molecule has 0 spiro atoms. The minimum absolute atomic E-state index is 0.0178. The van der Waals surface area contributed by atoms with E-state index in [2.05, 4.69) is 19.7 Å². The molecule has 2 rings (SSSR count). The average molecular weight is 483 g/mol. The van der Waals surface area contributed by atoms with E-state index >= 15 is 0 Å². The fourth-order valence-corrected chi connectivity index (χ4v) is 3.00. The number of aliphatic hydroxyl groups excluding tert-OH is 1. The van der Waals surface area contributed by atoms with Crippen molar-refractivity contribution in [1.29, 1.82) is 0 Å². The molecule has 186 valence electrons. The molecular formula is C28H31FO6. The minimum Gasteiger partial charge on any atom is -0.462 e. The Bertz CT molecular complexity index is 1070. The zero-order chi connectivity index (χ0) is 26.1. The molecule has 2 aromatic rings. The number of carbonyl (C=O) groups is 2. The van der Waals surface area contributed by atoms with Crippen LogP contribution in [0.4, 0.5) is 4.39 Å². The predicted molar refractivity (Wildman–Crippen MR) is 132 cm³/mol. The van der Waals surface area contributed by atoms with Gasteiger partial charge in [-0.1, -0.05) is 44.0 Å². The van der Waals surface area contributed by atoms with Gasteiger partial charge in [-0.3, -0.25) is 0 Å². The number of hydrogen-bond acceptors (Lipinski definition) is 6. The number of rotatable bonds is 12. The van der Waals surface area contributed by atoms with E-state index in [4.69, 9.17) is 14.2 Å². The van der Waals surface area contributed by atoms with Gasteiger partial charge in [0.05, 0.1) is 13.2 Å². The van der Waals surface area contributed by atoms with Crippen molar-refractivity contribution in [3.63, 3.8) is 0 Å². The van der Waals surface area contributed by atoms with Crippen LogP contribution in [0.15, 0.2) is 78.9 Å². The van der Waals surface area contributed by atoms with Crippen molar-refractivity contribution < 1.29 is 33.3 Å². The smallest absolute Gasteiger partial charge is 0.333 e. The summed E-state index contributed by atoms with van der Waals surface area (Å²) in [7, 11) is 0. The van der Waals surface area contributed by atoms with Crippen molar-refractivity contribution in [2.24, 2.45) is 5.92 Å². The number of benzene rings is 2. The molecule has 1 unspecified atom stereocenters. The van der Waals surface area contributed by atoms with E-state index in [-0.39, 0.29) is 30.3 Å². The normalized spacial score (nSPS) is 11.5. The molecule has 0 saturated carbocycles. The van der Waals surface area contributed by atoms with Crippen molar-refractivity contribution in [1.82, 2.24) is 0 Å². The van der Waals surface area contributed by atoms with Crippen molar-refractivity contribution in [2.75, 3.05) is 13.2 Å². The standard InChI is InChI=1S/C28H31FO6/c1-17(2)26(30)33-15-21(16-34-27(31)18(3)4)13-20-7-12-24(25(29)14-20)22-8-10-23(11-9-22)35-28(32)19(5)6/h7-12,14,21,28,32H,1,3,5,13,15-16H2,2,4,6H3. The van der Waals surface area contributed by atoms with Gasteiger partial charge >= 0.3 is 11.9 Å². The first-order valence-electron chi connectivity index (χ1n) is 11.0. The van der Waals surface area contributed by atoms with Crippen molar-refractivity contribution in [2.45, 2.75) is 33.5 Å². The largest absolute Gasteiger partial charge is 0.462 e. The Labute approximate surface area is 205 Å². The number of esters is 2. The molecule has 0 saturated heterocycles. The quantitative estimate of drug-likeness (QED) is 0.195. The van der Waals surface area contributed by atoms with Gasteiger partial charge in [-0.15, -0.1) is 0 Å². The Morgan fingerprint density at radius 3 is 1.91 bits per heavy atom. The van der Waals surface area contributed by atoms with E-state index in [0.29, 0.717) is 34.4 Å². The maximum atomic E-state index is 15.0. The van der Waals surface area contributed by atoms with Crippen molar-refractivity contribution in [3.8, 4) is 16.9 Å². The maximum Gasteiger partial charge on any atom is 0.333 e. The van der Waals surface area contributed by atoms with Gasteiger partial charge in [0.1, 0.15) is 11.6 Å². The van der Waals surface area contributed by atoms with Gasteiger partial charge in [-0.05, 0) is 62.1 Å². The third kappa shape index (κ3) is 8.54. The van der Waals surface area contributed by atoms with Gasteiger partial charge in [0.15, 0.2) is 0 Å². The molecule has 0 aromatic heterocycles. The number of hydrogen-bond donors (Lipinski definition) is 1. The summed E-state index contributed by atoms with van der Waals surface area (Å²) in [5.41, 5.74) is 2.65. The molecule has 0 aliphatic heterocycles. The lowest BCUT2D eigenvalue weighted by atomic mass is 9.97. The summed E-state index contributed by atoms with van der Waals surface area (Å²) in [6.07, 6.45) is -0.801. The highest BCUT2D eigenvalue weighted by molar-refractivity contribution is 5.87. The van der Waals surface area contributed by atoms with Crippen molar-refractivity contribution in [3.05, 3.63) is 90.3 Å². The third-order valence-corrected chi connectivity index (χ3v) is 4.99. The Hall–Kier alpha value is -3.71. The van der Waals surface area contributed by atoms with Crippen LogP contribution in [0.2, 0.25) is 0 Å². The minimum atomic E-state index is -1.12. The zero-order valence-corrected chi connectivity index (χ0v) is 20.3. The van der Waals surface area contributed by atoms with Crippen LogP contribution in [-0.4, -0.2) is 36.5 Å². The summed E-state index contributed by atoms with van der Waals surface area (Å²) in [6.45, 7) is 15.4. The fourth-order valence-electron chi connectivity index (χ4n) is 3.00. The Balaban J connectivity index is 2.13. The van der Waals surface area contributed by atoms with Crippen LogP contribution in [0, 0.1) is 11.7 Å². The molecule has 0 aliphatic rings. The molecule has 35 heavy (non-hydrogen) atoms. The van der Waals surface area contributed by atoms with Crippen LogP contribution < -0.4 is 4.74 Å². The molecule has 0 bridgehead atoms. The Morgan fingerprint density at radius 1 is 0.914 bits per heavy atom. The number of halogens is 1. The second kappa shape index (κ2) is 12.7. The summed E-state index contributed by atoms with van der Waals surface area (Å²) in [6, 6.07) is 11.5. The summed E-state index contributed by atoms with van der Waals surface area (Å²) < 4.78 is 30.8. The van der Waals surface area contributed by atoms with Gasteiger partial charge in [-0.25, -0.2) is 14.0 Å². The molecule has 1 atom stereocenters. The van der Waals surface area contributed by atoms with Gasteiger partial charge in [0, 0.05) is 22.6 Å². The lowest BCUT2D eigenvalue weighted by Crippen LogP contribution is -2.23. The van der Waals surface area contributed by atoms with E-state index in [1.807, 2.05) is 0 Å². The third-order valence-electron chi connectivity index (χ3n) is 4.99. The topological polar surface area (TPSA) is 82.1 Å². The molecule has 0 radical (unpaired) electrons. The molecule has 0 fully saturated rings. The second-order valence-electron chi connectivity index (χ2n) is 8.48. The van der Waals surface area contributed by atoms with E-state index in [1.54, 1.807) is 43.3 Å². The van der Waals surface area contributed by atoms with Gasteiger partial charge < -0.3 is 19.3 Å². The highest BCUT2D eigenvalue weighted by atomic mass is 19.1. The second-order valence-corrected chi connectivity index (χ2v) is 8.48. The maximum absolute atomic E-state index is 15.0. The summed E-state index contributed by atoms with van der Waals surface area (Å²) in [4.78, 5) is 23.6. The van der Waals surface area contributed by atoms with Crippen LogP contribution in [0.25, 0.3) is 11.1 Å². The summed E-state index contributed by atoms with van der Waals surface area (Å²) >= 11 is 0. The molecule has 1 N–H and O–H groups in total. The van der Waals surface area contributed by atoms with Crippen LogP contribution in [0.1, 0.15) is 26.3 Å². The molecular weight excluding hydrogens is 451 g/mol. The Kier molecular flexibility index (Phi) is 9.97. The predicted octanol–water partition coefficient (Wildman–Crippen LogP) is 5.16. The lowest BCUT2D eigenvalue weighted by Gasteiger charge is -2.18. The first-order valence-corrected chi connectivity index (χ1v) is 11.0. The Morgan fingerprint density at radius 2 is 1.46 bits per heavy atom. The highest BCUT2D eigenvalue weighted by Gasteiger charge is 2.18. The van der Waals surface area contributed by atoms with Gasteiger partial charge in [0.2, 0.25) is 6.29 Å². The lowest BCUT2D eigenvalue weighted by molar-refractivity contribution is -0.144. The molecule has 7 heteroatoms. The van der Waals surface area contributed by atoms with E-state index in [1.165, 1.54) is 19.9 Å². The van der Waals surface area contributed by atoms with Crippen LogP contribution in [0.5, 0.6) is 5.75 Å². The first kappa shape index (κ1) is 27.5. The van der Waals surface area contributed by atoms with E-state index in [9.17, 15) is 19.1 Å². The molecule has 2 aromatic carbocycles. The SMILES string of the molecule is C=C(C)C(=O)OCC(COC(=O)C(=C)C)Cc1ccc(-c2ccc(OC(O)C(=C)C)cc2)c(F)c1. The van der Waals surface area contributed by atoms with Crippen LogP contribution in [0.3, 0.4) is 0 Å². The number of aliphatic hydroxyl groups is 1. The van der Waals surface area contributed by atoms with E-state index in [0.717, 1.165) is 0 Å². The molecule has 0 heterocycles. The number of carbonyl (C=O) groups excluding carboxylic acids is 2. The summed E-state index contributed by atoms with van der Waals surface area (Å²) in [5, 5.41) is 9.76. The number of ether oxygens (including phenoxy) is 3. The molecule has 6 nitrogen and oxygen atoms in total. The fraction of sp³-hybridized carbons (Fsp3) is 0.286. The van der Waals surface area contributed by atoms with Gasteiger partial charge in [0.25, 0.3) is 0 Å².